The van der Waals surface area contributed by atoms with Crippen molar-refractivity contribution in [1.29, 1.82) is 0 Å². The van der Waals surface area contributed by atoms with Crippen molar-refractivity contribution in [2.45, 2.75) is 18.8 Å². The summed E-state index contributed by atoms with van der Waals surface area (Å²) in [5.41, 5.74) is 0. The van der Waals surface area contributed by atoms with Gasteiger partial charge in [0.2, 0.25) is 0 Å². The van der Waals surface area contributed by atoms with E-state index in [1.807, 2.05) is 0 Å². The van der Waals surface area contributed by atoms with E-state index >= 15 is 0 Å². The molecule has 1 aliphatic heterocycles. The monoisotopic (exact) mass is 210 g/mol. The number of carbonyl (C=O) groups is 1. The fourth-order valence-corrected chi connectivity index (χ4v) is 2.40. The second kappa shape index (κ2) is 4.26. The zero-order chi connectivity index (χ0) is 9.90. The largest absolute Gasteiger partial charge is 0.469 e. The molecule has 76 valence electrons. The fraction of sp³-hybridized carbons (Fsp3) is 0.875. The van der Waals surface area contributed by atoms with Gasteiger partial charge in [-0.1, -0.05) is 0 Å². The molecule has 0 amide bonds. The van der Waals surface area contributed by atoms with Crippen molar-refractivity contribution >= 4 is 17.7 Å². The number of hydrogen-bond donors (Lipinski definition) is 0. The molecule has 1 unspecified atom stereocenters. The Hall–Kier alpha value is -0.320. The maximum atomic E-state index is 13.1. The molecule has 1 heterocycles. The SMILES string of the molecule is COC(=O)CC1CCSCC1(F)F. The molecule has 1 atom stereocenters. The molecule has 2 nitrogen and oxygen atoms in total. The normalized spacial score (nSPS) is 26.8. The number of esters is 1. The maximum absolute atomic E-state index is 13.1. The molecule has 0 aliphatic carbocycles. The van der Waals surface area contributed by atoms with E-state index in [-0.39, 0.29) is 12.2 Å². The molecule has 13 heavy (non-hydrogen) atoms. The summed E-state index contributed by atoms with van der Waals surface area (Å²) in [5.74, 6) is -3.55. The van der Waals surface area contributed by atoms with Gasteiger partial charge < -0.3 is 4.74 Å². The van der Waals surface area contributed by atoms with E-state index in [2.05, 4.69) is 4.74 Å². The third-order valence-corrected chi connectivity index (χ3v) is 3.26. The van der Waals surface area contributed by atoms with Crippen molar-refractivity contribution in [2.24, 2.45) is 5.92 Å². The predicted molar refractivity (Wildman–Crippen MR) is 47.0 cm³/mol. The second-order valence-electron chi connectivity index (χ2n) is 3.08. The van der Waals surface area contributed by atoms with Gasteiger partial charge >= 0.3 is 5.97 Å². The van der Waals surface area contributed by atoms with Crippen LogP contribution in [-0.4, -0.2) is 30.5 Å². The molecule has 5 heteroatoms. The van der Waals surface area contributed by atoms with Crippen LogP contribution < -0.4 is 0 Å². The van der Waals surface area contributed by atoms with Crippen LogP contribution in [0.2, 0.25) is 0 Å². The summed E-state index contributed by atoms with van der Waals surface area (Å²) in [7, 11) is 1.22. The number of methoxy groups -OCH3 is 1. The number of alkyl halides is 2. The van der Waals surface area contributed by atoms with Crippen LogP contribution in [0, 0.1) is 5.92 Å². The summed E-state index contributed by atoms with van der Waals surface area (Å²) in [6.45, 7) is 0. The Morgan fingerprint density at radius 2 is 2.38 bits per heavy atom. The van der Waals surface area contributed by atoms with Crippen LogP contribution in [0.3, 0.4) is 0 Å². The summed E-state index contributed by atoms with van der Waals surface area (Å²) in [5, 5.41) is 0. The van der Waals surface area contributed by atoms with E-state index in [4.69, 9.17) is 0 Å². The summed E-state index contributed by atoms with van der Waals surface area (Å²) >= 11 is 1.24. The van der Waals surface area contributed by atoms with E-state index < -0.39 is 17.8 Å². The Morgan fingerprint density at radius 3 is 2.92 bits per heavy atom. The minimum absolute atomic E-state index is 0.163. The van der Waals surface area contributed by atoms with E-state index in [1.165, 1.54) is 18.9 Å². The number of hydrogen-bond acceptors (Lipinski definition) is 3. The predicted octanol–water partition coefficient (Wildman–Crippen LogP) is 1.94. The molecule has 1 aliphatic rings. The standard InChI is InChI=1S/C8H12F2O2S/c1-12-7(11)4-6-2-3-13-5-8(6,9)10/h6H,2-5H2,1H3. The molecule has 1 rings (SSSR count). The fourth-order valence-electron chi connectivity index (χ4n) is 1.30. The van der Waals surface area contributed by atoms with E-state index in [1.54, 1.807) is 0 Å². The molecule has 0 aromatic carbocycles. The minimum atomic E-state index is -2.71. The highest BCUT2D eigenvalue weighted by Gasteiger charge is 2.42. The van der Waals surface area contributed by atoms with Crippen LogP contribution >= 0.6 is 11.8 Å². The molecule has 0 radical (unpaired) electrons. The lowest BCUT2D eigenvalue weighted by atomic mass is 9.95. The lowest BCUT2D eigenvalue weighted by Gasteiger charge is -2.29. The lowest BCUT2D eigenvalue weighted by molar-refractivity contribution is -0.145. The van der Waals surface area contributed by atoms with Crippen LogP contribution in [0.5, 0.6) is 0 Å². The highest BCUT2D eigenvalue weighted by Crippen LogP contribution is 2.38. The molecule has 0 spiro atoms. The van der Waals surface area contributed by atoms with Gasteiger partial charge in [0.15, 0.2) is 0 Å². The smallest absolute Gasteiger partial charge is 0.306 e. The van der Waals surface area contributed by atoms with Crippen molar-refractivity contribution in [3.63, 3.8) is 0 Å². The van der Waals surface area contributed by atoms with Gasteiger partial charge in [-0.3, -0.25) is 4.79 Å². The summed E-state index contributed by atoms with van der Waals surface area (Å²) in [4.78, 5) is 10.8. The molecule has 0 saturated carbocycles. The molecular weight excluding hydrogens is 198 g/mol. The van der Waals surface area contributed by atoms with Crippen molar-refractivity contribution < 1.29 is 18.3 Å². The molecule has 0 aromatic heterocycles. The molecule has 1 saturated heterocycles. The first-order valence-electron chi connectivity index (χ1n) is 4.08. The van der Waals surface area contributed by atoms with E-state index in [0.29, 0.717) is 12.2 Å². The van der Waals surface area contributed by atoms with Gasteiger partial charge in [0, 0.05) is 5.92 Å². The van der Waals surface area contributed by atoms with Crippen LogP contribution in [-0.2, 0) is 9.53 Å². The number of rotatable bonds is 2. The van der Waals surface area contributed by atoms with Gasteiger partial charge in [-0.15, -0.1) is 0 Å². The Bertz CT molecular complexity index is 197. The number of halogens is 2. The van der Waals surface area contributed by atoms with E-state index in [9.17, 15) is 13.6 Å². The van der Waals surface area contributed by atoms with Crippen LogP contribution in [0.4, 0.5) is 8.78 Å². The van der Waals surface area contributed by atoms with Crippen molar-refractivity contribution in [1.82, 2.24) is 0 Å². The van der Waals surface area contributed by atoms with Gasteiger partial charge in [-0.2, -0.15) is 11.8 Å². The molecule has 0 N–H and O–H groups in total. The number of thioether (sulfide) groups is 1. The highest BCUT2D eigenvalue weighted by atomic mass is 32.2. The third-order valence-electron chi connectivity index (χ3n) is 2.14. The van der Waals surface area contributed by atoms with E-state index in [0.717, 1.165) is 0 Å². The Morgan fingerprint density at radius 1 is 1.69 bits per heavy atom. The topological polar surface area (TPSA) is 26.3 Å². The minimum Gasteiger partial charge on any atom is -0.469 e. The number of ether oxygens (including phenoxy) is 1. The van der Waals surface area contributed by atoms with Gasteiger partial charge in [0.05, 0.1) is 19.3 Å². The average molecular weight is 210 g/mol. The average Bonchev–Trinajstić information content (AvgIpc) is 2.08. The second-order valence-corrected chi connectivity index (χ2v) is 4.18. The molecular formula is C8H12F2O2S. The van der Waals surface area contributed by atoms with Gasteiger partial charge in [0.25, 0.3) is 5.92 Å². The highest BCUT2D eigenvalue weighted by molar-refractivity contribution is 7.99. The molecule has 1 fully saturated rings. The van der Waals surface area contributed by atoms with Crippen molar-refractivity contribution in [3.05, 3.63) is 0 Å². The molecule has 0 bridgehead atoms. The Balaban J connectivity index is 2.51. The summed E-state index contributed by atoms with van der Waals surface area (Å²) in [6, 6.07) is 0. The quantitative estimate of drug-likeness (QED) is 0.651. The van der Waals surface area contributed by atoms with Crippen molar-refractivity contribution in [2.75, 3.05) is 18.6 Å². The van der Waals surface area contributed by atoms with Gasteiger partial charge in [-0.25, -0.2) is 8.78 Å². The van der Waals surface area contributed by atoms with Crippen LogP contribution in [0.25, 0.3) is 0 Å². The summed E-state index contributed by atoms with van der Waals surface area (Å²) in [6.07, 6.45) is 0.233. The third kappa shape index (κ3) is 2.83. The zero-order valence-corrected chi connectivity index (χ0v) is 8.20. The Kier molecular flexibility index (Phi) is 3.53. The Labute approximate surface area is 80.0 Å². The summed E-state index contributed by atoms with van der Waals surface area (Å²) < 4.78 is 30.6. The first-order valence-corrected chi connectivity index (χ1v) is 5.24. The number of carbonyl (C=O) groups excluding carboxylic acids is 1. The molecule has 0 aromatic rings. The van der Waals surface area contributed by atoms with Gasteiger partial charge in [0.1, 0.15) is 0 Å². The van der Waals surface area contributed by atoms with Gasteiger partial charge in [-0.05, 0) is 12.2 Å². The maximum Gasteiger partial charge on any atom is 0.306 e. The van der Waals surface area contributed by atoms with Crippen LogP contribution in [0.15, 0.2) is 0 Å². The lowest BCUT2D eigenvalue weighted by Crippen LogP contribution is -2.36. The zero-order valence-electron chi connectivity index (χ0n) is 7.39. The first-order chi connectivity index (χ1) is 6.06. The first kappa shape index (κ1) is 10.8. The van der Waals surface area contributed by atoms with Crippen LogP contribution in [0.1, 0.15) is 12.8 Å². The van der Waals surface area contributed by atoms with Crippen molar-refractivity contribution in [3.8, 4) is 0 Å².